The van der Waals surface area contributed by atoms with Gasteiger partial charge in [0.05, 0.1) is 10.5 Å². The zero-order valence-corrected chi connectivity index (χ0v) is 15.6. The van der Waals surface area contributed by atoms with Crippen molar-refractivity contribution in [2.24, 2.45) is 0 Å². The van der Waals surface area contributed by atoms with Crippen LogP contribution in [0.5, 0.6) is 0 Å². The maximum absolute atomic E-state index is 12.3. The number of benzene rings is 2. The number of hydrogen-bond acceptors (Lipinski definition) is 4. The standard InChI is InChI=1S/C19H24N2O4S/c1-2-3-12-21-26(24,25)16-9-10-18(17(14-16)19(22)23)20-13-11-15-7-5-4-6-8-15/h4-10,14,20-21H,2-3,11-13H2,1H3,(H,22,23). The van der Waals surface area contributed by atoms with Crippen molar-refractivity contribution in [1.82, 2.24) is 4.72 Å². The molecule has 0 aliphatic carbocycles. The zero-order valence-electron chi connectivity index (χ0n) is 14.7. The lowest BCUT2D eigenvalue weighted by molar-refractivity contribution is 0.0697. The fourth-order valence-corrected chi connectivity index (χ4v) is 3.57. The van der Waals surface area contributed by atoms with E-state index in [9.17, 15) is 18.3 Å². The predicted molar refractivity (Wildman–Crippen MR) is 102 cm³/mol. The molecular formula is C19H24N2O4S. The molecule has 0 fully saturated rings. The van der Waals surface area contributed by atoms with Crippen LogP contribution in [0.1, 0.15) is 35.7 Å². The van der Waals surface area contributed by atoms with Crippen molar-refractivity contribution < 1.29 is 18.3 Å². The highest BCUT2D eigenvalue weighted by Gasteiger charge is 2.18. The number of unbranched alkanes of at least 4 members (excludes halogenated alkanes) is 1. The van der Waals surface area contributed by atoms with Gasteiger partial charge in [-0.2, -0.15) is 0 Å². The van der Waals surface area contributed by atoms with Crippen molar-refractivity contribution in [1.29, 1.82) is 0 Å². The molecule has 0 aromatic heterocycles. The normalized spacial score (nSPS) is 11.3. The Morgan fingerprint density at radius 1 is 1.08 bits per heavy atom. The van der Waals surface area contributed by atoms with E-state index in [-0.39, 0.29) is 10.5 Å². The summed E-state index contributed by atoms with van der Waals surface area (Å²) in [4.78, 5) is 11.5. The second-order valence-electron chi connectivity index (χ2n) is 5.93. The minimum Gasteiger partial charge on any atom is -0.478 e. The molecule has 0 saturated carbocycles. The first-order chi connectivity index (χ1) is 12.4. The minimum atomic E-state index is -3.71. The summed E-state index contributed by atoms with van der Waals surface area (Å²) < 4.78 is 27.0. The number of hydrogen-bond donors (Lipinski definition) is 3. The van der Waals surface area contributed by atoms with Gasteiger partial charge in [0.25, 0.3) is 0 Å². The van der Waals surface area contributed by atoms with Gasteiger partial charge < -0.3 is 10.4 Å². The smallest absolute Gasteiger partial charge is 0.337 e. The third-order valence-electron chi connectivity index (χ3n) is 3.93. The van der Waals surface area contributed by atoms with Gasteiger partial charge in [0.1, 0.15) is 0 Å². The maximum Gasteiger partial charge on any atom is 0.337 e. The van der Waals surface area contributed by atoms with Crippen LogP contribution in [-0.4, -0.2) is 32.6 Å². The monoisotopic (exact) mass is 376 g/mol. The van der Waals surface area contributed by atoms with Crippen LogP contribution < -0.4 is 10.0 Å². The third-order valence-corrected chi connectivity index (χ3v) is 5.38. The van der Waals surface area contributed by atoms with E-state index in [1.807, 2.05) is 37.3 Å². The van der Waals surface area contributed by atoms with Gasteiger partial charge in [-0.25, -0.2) is 17.9 Å². The molecule has 0 bridgehead atoms. The van der Waals surface area contributed by atoms with E-state index in [0.29, 0.717) is 18.8 Å². The summed E-state index contributed by atoms with van der Waals surface area (Å²) in [5.41, 5.74) is 1.48. The molecule has 2 aromatic carbocycles. The van der Waals surface area contributed by atoms with E-state index in [1.54, 1.807) is 0 Å². The van der Waals surface area contributed by atoms with Crippen LogP contribution in [0.2, 0.25) is 0 Å². The molecule has 0 aliphatic heterocycles. The van der Waals surface area contributed by atoms with Gasteiger partial charge in [-0.05, 0) is 36.6 Å². The Morgan fingerprint density at radius 3 is 2.46 bits per heavy atom. The van der Waals surface area contributed by atoms with Crippen molar-refractivity contribution >= 4 is 21.7 Å². The predicted octanol–water partition coefficient (Wildman–Crippen LogP) is 3.12. The summed E-state index contributed by atoms with van der Waals surface area (Å²) in [6.07, 6.45) is 2.33. The summed E-state index contributed by atoms with van der Waals surface area (Å²) in [6.45, 7) is 2.84. The molecule has 0 unspecified atom stereocenters. The number of carboxylic acid groups (broad SMARTS) is 1. The van der Waals surface area contributed by atoms with E-state index in [0.717, 1.165) is 24.8 Å². The van der Waals surface area contributed by atoms with E-state index >= 15 is 0 Å². The number of carboxylic acids is 1. The SMILES string of the molecule is CCCCNS(=O)(=O)c1ccc(NCCc2ccccc2)c(C(=O)O)c1. The molecule has 0 radical (unpaired) electrons. The summed E-state index contributed by atoms with van der Waals surface area (Å²) >= 11 is 0. The maximum atomic E-state index is 12.3. The molecule has 2 rings (SSSR count). The number of rotatable bonds is 10. The van der Waals surface area contributed by atoms with Gasteiger partial charge in [0.2, 0.25) is 10.0 Å². The molecule has 0 amide bonds. The second kappa shape index (κ2) is 9.35. The molecule has 0 aliphatic rings. The summed E-state index contributed by atoms with van der Waals surface area (Å²) in [7, 11) is -3.71. The first-order valence-electron chi connectivity index (χ1n) is 8.59. The number of nitrogens with one attached hydrogen (secondary N) is 2. The lowest BCUT2D eigenvalue weighted by Gasteiger charge is -2.12. The van der Waals surface area contributed by atoms with Crippen LogP contribution in [0.3, 0.4) is 0 Å². The zero-order chi connectivity index (χ0) is 19.0. The largest absolute Gasteiger partial charge is 0.478 e. The Balaban J connectivity index is 2.11. The van der Waals surface area contributed by atoms with Crippen LogP contribution >= 0.6 is 0 Å². The molecule has 0 heterocycles. The molecular weight excluding hydrogens is 352 g/mol. The number of carbonyl (C=O) groups is 1. The van der Waals surface area contributed by atoms with Crippen LogP contribution in [0.15, 0.2) is 53.4 Å². The molecule has 3 N–H and O–H groups in total. The molecule has 7 heteroatoms. The average molecular weight is 376 g/mol. The van der Waals surface area contributed by atoms with Crippen molar-refractivity contribution in [2.45, 2.75) is 31.1 Å². The van der Waals surface area contributed by atoms with Gasteiger partial charge in [-0.1, -0.05) is 43.7 Å². The Bertz CT molecular complexity index is 836. The number of aromatic carboxylic acids is 1. The molecule has 6 nitrogen and oxygen atoms in total. The Hall–Kier alpha value is -2.38. The van der Waals surface area contributed by atoms with Crippen LogP contribution in [-0.2, 0) is 16.4 Å². The summed E-state index contributed by atoms with van der Waals surface area (Å²) in [5.74, 6) is -1.17. The molecule has 0 atom stereocenters. The van der Waals surface area contributed by atoms with Gasteiger partial charge in [-0.15, -0.1) is 0 Å². The van der Waals surface area contributed by atoms with Crippen molar-refractivity contribution in [3.8, 4) is 0 Å². The van der Waals surface area contributed by atoms with E-state index in [4.69, 9.17) is 0 Å². The third kappa shape index (κ3) is 5.57. The molecule has 2 aromatic rings. The highest BCUT2D eigenvalue weighted by atomic mass is 32.2. The fourth-order valence-electron chi connectivity index (χ4n) is 2.47. The Labute approximate surface area is 154 Å². The van der Waals surface area contributed by atoms with Crippen molar-refractivity contribution in [2.75, 3.05) is 18.4 Å². The van der Waals surface area contributed by atoms with Gasteiger partial charge in [0, 0.05) is 18.8 Å². The Morgan fingerprint density at radius 2 is 1.81 bits per heavy atom. The van der Waals surface area contributed by atoms with E-state index in [1.165, 1.54) is 18.2 Å². The van der Waals surface area contributed by atoms with Crippen molar-refractivity contribution in [3.63, 3.8) is 0 Å². The van der Waals surface area contributed by atoms with E-state index < -0.39 is 16.0 Å². The second-order valence-corrected chi connectivity index (χ2v) is 7.69. The highest BCUT2D eigenvalue weighted by molar-refractivity contribution is 7.89. The molecule has 0 spiro atoms. The number of sulfonamides is 1. The van der Waals surface area contributed by atoms with Gasteiger partial charge >= 0.3 is 5.97 Å². The van der Waals surface area contributed by atoms with Crippen molar-refractivity contribution in [3.05, 3.63) is 59.7 Å². The van der Waals surface area contributed by atoms with E-state index in [2.05, 4.69) is 10.0 Å². The van der Waals surface area contributed by atoms with Gasteiger partial charge in [-0.3, -0.25) is 0 Å². The first-order valence-corrected chi connectivity index (χ1v) is 10.1. The van der Waals surface area contributed by atoms with Crippen LogP contribution in [0, 0.1) is 0 Å². The molecule has 0 saturated heterocycles. The summed E-state index contributed by atoms with van der Waals surface area (Å²) in [6, 6.07) is 13.9. The quantitative estimate of drug-likeness (QED) is 0.554. The van der Waals surface area contributed by atoms with Gasteiger partial charge in [0.15, 0.2) is 0 Å². The highest BCUT2D eigenvalue weighted by Crippen LogP contribution is 2.21. The van der Waals surface area contributed by atoms with Crippen LogP contribution in [0.4, 0.5) is 5.69 Å². The first kappa shape index (κ1) is 19.9. The minimum absolute atomic E-state index is 0.0420. The Kier molecular flexibility index (Phi) is 7.17. The molecule has 26 heavy (non-hydrogen) atoms. The molecule has 140 valence electrons. The number of anilines is 1. The summed E-state index contributed by atoms with van der Waals surface area (Å²) in [5, 5.41) is 12.5. The fraction of sp³-hybridized carbons (Fsp3) is 0.316. The van der Waals surface area contributed by atoms with Crippen LogP contribution in [0.25, 0.3) is 0 Å². The topological polar surface area (TPSA) is 95.5 Å². The lowest BCUT2D eigenvalue weighted by atomic mass is 10.1. The average Bonchev–Trinajstić information content (AvgIpc) is 2.62. The lowest BCUT2D eigenvalue weighted by Crippen LogP contribution is -2.25.